The molecule has 0 aliphatic carbocycles. The summed E-state index contributed by atoms with van der Waals surface area (Å²) in [6, 6.07) is 25.1. The minimum Gasteiger partial charge on any atom is -0.378 e. The van der Waals surface area contributed by atoms with Crippen LogP contribution in [0, 0.1) is 0 Å². The summed E-state index contributed by atoms with van der Waals surface area (Å²) < 4.78 is -0.594. The normalized spacial score (nSPS) is 14.1. The van der Waals surface area contributed by atoms with Gasteiger partial charge in [0.25, 0.3) is 0 Å². The zero-order valence-electron chi connectivity index (χ0n) is 18.0. The van der Waals surface area contributed by atoms with Crippen LogP contribution < -0.4 is 9.80 Å². The predicted octanol–water partition coefficient (Wildman–Crippen LogP) is 5.18. The van der Waals surface area contributed by atoms with Crippen molar-refractivity contribution in [1.29, 1.82) is 0 Å². The average Bonchev–Trinajstić information content (AvgIpc) is 2.79. The van der Waals surface area contributed by atoms with Crippen molar-refractivity contribution in [1.82, 2.24) is 0 Å². The number of rotatable bonds is 4. The maximum atomic E-state index is 11.1. The highest BCUT2D eigenvalue weighted by atomic mass is 32.2. The highest BCUT2D eigenvalue weighted by Crippen LogP contribution is 2.55. The third-order valence-corrected chi connectivity index (χ3v) is 6.83. The number of fused-ring (bicyclic) bond motifs is 1. The lowest BCUT2D eigenvalue weighted by Gasteiger charge is -2.38. The van der Waals surface area contributed by atoms with Crippen LogP contribution in [0.4, 0.5) is 17.1 Å². The molecule has 0 saturated heterocycles. The fourth-order valence-corrected chi connectivity index (χ4v) is 5.15. The number of benzene rings is 3. The van der Waals surface area contributed by atoms with Crippen molar-refractivity contribution in [3.8, 4) is 0 Å². The third-order valence-electron chi connectivity index (χ3n) is 5.47. The molecule has 6 heteroatoms. The van der Waals surface area contributed by atoms with Crippen LogP contribution in [0.2, 0.25) is 0 Å². The second kappa shape index (κ2) is 8.42. The molecule has 0 fully saturated rings. The van der Waals surface area contributed by atoms with Crippen LogP contribution in [0.15, 0.2) is 82.8 Å². The van der Waals surface area contributed by atoms with E-state index in [1.54, 1.807) is 6.08 Å². The van der Waals surface area contributed by atoms with E-state index in [0.717, 1.165) is 33.8 Å². The summed E-state index contributed by atoms with van der Waals surface area (Å²) in [4.78, 5) is 23.8. The van der Waals surface area contributed by atoms with Crippen molar-refractivity contribution in [2.24, 2.45) is 9.98 Å². The van der Waals surface area contributed by atoms with Gasteiger partial charge in [-0.25, -0.2) is 9.79 Å². The molecule has 156 valence electrons. The Kier molecular flexibility index (Phi) is 5.68. The van der Waals surface area contributed by atoms with Gasteiger partial charge in [-0.05, 0) is 41.5 Å². The summed E-state index contributed by atoms with van der Waals surface area (Å²) in [5.41, 5.74) is 6.32. The van der Waals surface area contributed by atoms with Crippen LogP contribution in [0.25, 0.3) is 0 Å². The molecule has 0 bridgehead atoms. The van der Waals surface area contributed by atoms with Crippen LogP contribution in [-0.2, 0) is 9.54 Å². The zero-order chi connectivity index (χ0) is 22.0. The maximum Gasteiger partial charge on any atom is 0.242 e. The summed E-state index contributed by atoms with van der Waals surface area (Å²) in [6.45, 7) is 0. The Morgan fingerprint density at radius 1 is 0.806 bits per heavy atom. The molecular formula is C25H24N4OS. The van der Waals surface area contributed by atoms with Crippen LogP contribution >= 0.6 is 11.8 Å². The van der Waals surface area contributed by atoms with E-state index in [4.69, 9.17) is 0 Å². The second-order valence-electron chi connectivity index (χ2n) is 7.78. The minimum atomic E-state index is -0.594. The number of hydrogen-bond donors (Lipinski definition) is 0. The Labute approximate surface area is 187 Å². The molecule has 3 aromatic rings. The standard InChI is InChI=1S/C25H24N4OS/c1-28(2)20-13-9-18(10-14-20)25(19-11-15-21(16-12-19)29(3)4)22-7-5-6-8-23(22)27-24(31-25)26-17-30/h5-16H,1-4H3. The van der Waals surface area contributed by atoms with Gasteiger partial charge in [-0.1, -0.05) is 54.2 Å². The van der Waals surface area contributed by atoms with E-state index in [9.17, 15) is 4.79 Å². The number of anilines is 2. The number of amidine groups is 1. The highest BCUT2D eigenvalue weighted by Gasteiger charge is 2.43. The first-order chi connectivity index (χ1) is 15.0. The summed E-state index contributed by atoms with van der Waals surface area (Å²) in [7, 11) is 8.11. The number of thioether (sulfide) groups is 1. The van der Waals surface area contributed by atoms with Crippen LogP contribution in [0.5, 0.6) is 0 Å². The van der Waals surface area contributed by atoms with E-state index >= 15 is 0 Å². The molecule has 0 saturated carbocycles. The number of para-hydroxylation sites is 1. The van der Waals surface area contributed by atoms with Gasteiger partial charge in [0.15, 0.2) is 0 Å². The number of nitrogens with zero attached hydrogens (tertiary/aromatic N) is 4. The Hall–Kier alpha value is -3.34. The molecule has 1 aliphatic heterocycles. The Balaban J connectivity index is 1.99. The van der Waals surface area contributed by atoms with E-state index in [1.165, 1.54) is 11.8 Å². The van der Waals surface area contributed by atoms with Gasteiger partial charge in [-0.2, -0.15) is 0 Å². The van der Waals surface area contributed by atoms with Gasteiger partial charge in [0.05, 0.1) is 5.69 Å². The lowest BCUT2D eigenvalue weighted by Crippen LogP contribution is -2.29. The smallest absolute Gasteiger partial charge is 0.242 e. The molecule has 5 nitrogen and oxygen atoms in total. The molecule has 0 aromatic heterocycles. The number of isocyanates is 1. The third kappa shape index (κ3) is 3.76. The van der Waals surface area contributed by atoms with E-state index in [0.29, 0.717) is 5.17 Å². The molecule has 0 spiro atoms. The Morgan fingerprint density at radius 3 is 1.81 bits per heavy atom. The quantitative estimate of drug-likeness (QED) is 0.424. The van der Waals surface area contributed by atoms with E-state index in [-0.39, 0.29) is 0 Å². The van der Waals surface area contributed by atoms with E-state index in [2.05, 4.69) is 74.4 Å². The summed E-state index contributed by atoms with van der Waals surface area (Å²) in [5.74, 6) is 0. The van der Waals surface area contributed by atoms with Crippen molar-refractivity contribution in [2.45, 2.75) is 4.75 Å². The van der Waals surface area contributed by atoms with Gasteiger partial charge >= 0.3 is 0 Å². The molecular weight excluding hydrogens is 404 g/mol. The second-order valence-corrected chi connectivity index (χ2v) is 8.96. The van der Waals surface area contributed by atoms with Crippen molar-refractivity contribution >= 4 is 40.1 Å². The van der Waals surface area contributed by atoms with Crippen LogP contribution in [0.3, 0.4) is 0 Å². The van der Waals surface area contributed by atoms with Gasteiger partial charge in [-0.15, -0.1) is 4.99 Å². The summed E-state index contributed by atoms with van der Waals surface area (Å²) in [6.07, 6.45) is 1.67. The van der Waals surface area contributed by atoms with Gasteiger partial charge in [0, 0.05) is 45.1 Å². The topological polar surface area (TPSA) is 48.3 Å². The molecule has 3 aromatic carbocycles. The Morgan fingerprint density at radius 2 is 1.32 bits per heavy atom. The van der Waals surface area contributed by atoms with Crippen LogP contribution in [0.1, 0.15) is 16.7 Å². The first-order valence-corrected chi connectivity index (χ1v) is 10.8. The molecule has 31 heavy (non-hydrogen) atoms. The number of aliphatic imine (C=N–C) groups is 2. The molecule has 0 N–H and O–H groups in total. The van der Waals surface area contributed by atoms with Crippen molar-refractivity contribution < 1.29 is 4.79 Å². The highest BCUT2D eigenvalue weighted by molar-refractivity contribution is 8.15. The molecule has 0 unspecified atom stereocenters. The molecule has 4 rings (SSSR count). The molecule has 0 amide bonds. The molecule has 0 radical (unpaired) electrons. The summed E-state index contributed by atoms with van der Waals surface area (Å²) in [5, 5.41) is 0.405. The van der Waals surface area contributed by atoms with Gasteiger partial charge in [0.2, 0.25) is 11.2 Å². The number of carbonyl (C=O) groups excluding carboxylic acids is 1. The SMILES string of the molecule is CN(C)c1ccc(C2(c3ccc(N(C)C)cc3)SC(N=C=O)=Nc3ccccc32)cc1. The first-order valence-electron chi connectivity index (χ1n) is 9.96. The van der Waals surface area contributed by atoms with E-state index < -0.39 is 4.75 Å². The van der Waals surface area contributed by atoms with E-state index in [1.807, 2.05) is 46.4 Å². The molecule has 1 heterocycles. The lowest BCUT2D eigenvalue weighted by molar-refractivity contribution is 0.566. The fraction of sp³-hybridized carbons (Fsp3) is 0.200. The largest absolute Gasteiger partial charge is 0.378 e. The Bertz CT molecular complexity index is 1110. The van der Waals surface area contributed by atoms with Gasteiger partial charge < -0.3 is 9.80 Å². The van der Waals surface area contributed by atoms with Gasteiger partial charge in [0.1, 0.15) is 4.75 Å². The fourth-order valence-electron chi connectivity index (χ4n) is 3.86. The average molecular weight is 429 g/mol. The zero-order valence-corrected chi connectivity index (χ0v) is 18.9. The predicted molar refractivity (Wildman–Crippen MR) is 131 cm³/mol. The minimum absolute atomic E-state index is 0.405. The van der Waals surface area contributed by atoms with Crippen molar-refractivity contribution in [3.63, 3.8) is 0 Å². The maximum absolute atomic E-state index is 11.1. The number of hydrogen-bond acceptors (Lipinski definition) is 6. The van der Waals surface area contributed by atoms with Crippen molar-refractivity contribution in [3.05, 3.63) is 89.5 Å². The van der Waals surface area contributed by atoms with Gasteiger partial charge in [-0.3, -0.25) is 0 Å². The van der Waals surface area contributed by atoms with Crippen molar-refractivity contribution in [2.75, 3.05) is 38.0 Å². The lowest BCUT2D eigenvalue weighted by atomic mass is 9.82. The monoisotopic (exact) mass is 428 g/mol. The first kappa shape index (κ1) is 20.9. The molecule has 1 aliphatic rings. The van der Waals surface area contributed by atoms with Crippen LogP contribution in [-0.4, -0.2) is 39.4 Å². The molecule has 0 atom stereocenters. The summed E-state index contributed by atoms with van der Waals surface area (Å²) >= 11 is 1.47.